The Morgan fingerprint density at radius 3 is 1.77 bits per heavy atom. The van der Waals surface area contributed by atoms with Crippen LogP contribution in [0.1, 0.15) is 29.3 Å². The molecule has 7 aromatic carbocycles. The fraction of sp³-hybridized carbons (Fsp3) is 0.0400. The van der Waals surface area contributed by atoms with Crippen molar-refractivity contribution in [1.29, 1.82) is 0 Å². The van der Waals surface area contributed by atoms with Crippen LogP contribution in [0.4, 0.5) is 0 Å². The molecule has 0 N–H and O–H groups in total. The predicted octanol–water partition coefficient (Wildman–Crippen LogP) is 13.4. The van der Waals surface area contributed by atoms with Crippen LogP contribution < -0.4 is 4.74 Å². The van der Waals surface area contributed by atoms with E-state index in [0.29, 0.717) is 0 Å². The van der Waals surface area contributed by atoms with E-state index in [2.05, 4.69) is 193 Å². The smallest absolute Gasteiger partial charge is 0.155 e. The molecule has 2 aromatic heterocycles. The summed E-state index contributed by atoms with van der Waals surface area (Å²) in [6.07, 6.45) is 6.99. The van der Waals surface area contributed by atoms with E-state index in [-0.39, 0.29) is 0 Å². The average Bonchev–Trinajstić information content (AvgIpc) is 3.74. The van der Waals surface area contributed by atoms with Crippen LogP contribution in [0.15, 0.2) is 170 Å². The van der Waals surface area contributed by atoms with Gasteiger partial charge in [-0.1, -0.05) is 134 Å². The van der Waals surface area contributed by atoms with Gasteiger partial charge in [-0.15, -0.1) is 0 Å². The monoisotopic (exact) mass is 680 g/mol. The second-order valence-electron chi connectivity index (χ2n) is 13.7. The van der Waals surface area contributed by atoms with Gasteiger partial charge in [0.05, 0.1) is 22.2 Å². The summed E-state index contributed by atoms with van der Waals surface area (Å²) in [4.78, 5) is 0. The van der Waals surface area contributed by atoms with Crippen molar-refractivity contribution in [2.24, 2.45) is 0 Å². The fourth-order valence-corrected chi connectivity index (χ4v) is 8.30. The highest BCUT2D eigenvalue weighted by molar-refractivity contribution is 6.11. The molecule has 3 heteroatoms. The van der Waals surface area contributed by atoms with E-state index in [0.717, 1.165) is 57.0 Å². The normalized spacial score (nSPS) is 12.3. The second kappa shape index (κ2) is 12.4. The Kier molecular flexibility index (Phi) is 7.26. The molecule has 252 valence electrons. The third-order valence-electron chi connectivity index (χ3n) is 10.7. The number of aromatic nitrogens is 2. The highest BCUT2D eigenvalue weighted by atomic mass is 16.5. The molecule has 10 rings (SSSR count). The molecule has 1 aliphatic rings. The van der Waals surface area contributed by atoms with Gasteiger partial charge in [0.1, 0.15) is 5.75 Å². The summed E-state index contributed by atoms with van der Waals surface area (Å²) in [6.45, 7) is 6.32. The van der Waals surface area contributed by atoms with Crippen molar-refractivity contribution in [3.05, 3.63) is 193 Å². The zero-order chi connectivity index (χ0) is 35.5. The van der Waals surface area contributed by atoms with Crippen molar-refractivity contribution in [3.63, 3.8) is 0 Å². The van der Waals surface area contributed by atoms with Crippen LogP contribution in [0, 0.1) is 0 Å². The average molecular weight is 681 g/mol. The highest BCUT2D eigenvalue weighted by Gasteiger charge is 2.28. The number of ether oxygens (including phenoxy) is 1. The molecule has 0 unspecified atom stereocenters. The quantitative estimate of drug-likeness (QED) is 0.171. The van der Waals surface area contributed by atoms with Gasteiger partial charge in [-0.3, -0.25) is 0 Å². The Balaban J connectivity index is 1.16. The van der Waals surface area contributed by atoms with Gasteiger partial charge in [0.25, 0.3) is 0 Å². The van der Waals surface area contributed by atoms with Crippen molar-refractivity contribution in [1.82, 2.24) is 9.13 Å². The molecule has 0 radical (unpaired) electrons. The summed E-state index contributed by atoms with van der Waals surface area (Å²) in [7, 11) is 0. The summed E-state index contributed by atoms with van der Waals surface area (Å²) in [5.41, 5.74) is 15.0. The van der Waals surface area contributed by atoms with Gasteiger partial charge in [-0.05, 0) is 77.7 Å². The Hall–Kier alpha value is -6.84. The number of hydrogen-bond donors (Lipinski definition) is 0. The van der Waals surface area contributed by atoms with Crippen molar-refractivity contribution in [2.45, 2.75) is 13.3 Å². The van der Waals surface area contributed by atoms with Crippen LogP contribution >= 0.6 is 0 Å². The molecule has 0 amide bonds. The van der Waals surface area contributed by atoms with Crippen LogP contribution in [0.2, 0.25) is 0 Å². The van der Waals surface area contributed by atoms with Gasteiger partial charge >= 0.3 is 0 Å². The number of allylic oxidation sites excluding steroid dienone is 1. The predicted molar refractivity (Wildman–Crippen MR) is 223 cm³/mol. The van der Waals surface area contributed by atoms with E-state index in [9.17, 15) is 0 Å². The number of fused-ring (bicyclic) bond motifs is 8. The maximum atomic E-state index is 7.12. The number of benzene rings is 7. The summed E-state index contributed by atoms with van der Waals surface area (Å²) >= 11 is 0. The summed E-state index contributed by atoms with van der Waals surface area (Å²) in [6, 6.07) is 56.5. The van der Waals surface area contributed by atoms with Gasteiger partial charge in [-0.25, -0.2) is 0 Å². The van der Waals surface area contributed by atoms with Crippen LogP contribution in [-0.4, -0.2) is 9.13 Å². The van der Waals surface area contributed by atoms with Crippen LogP contribution in [0.5, 0.6) is 11.5 Å². The highest BCUT2D eigenvalue weighted by Crippen LogP contribution is 2.48. The molecule has 3 nitrogen and oxygen atoms in total. The van der Waals surface area contributed by atoms with Crippen molar-refractivity contribution < 1.29 is 4.74 Å². The van der Waals surface area contributed by atoms with E-state index >= 15 is 0 Å². The molecule has 53 heavy (non-hydrogen) atoms. The van der Waals surface area contributed by atoms with E-state index in [1.165, 1.54) is 49.6 Å². The number of para-hydroxylation sites is 1. The first kappa shape index (κ1) is 30.9. The lowest BCUT2D eigenvalue weighted by atomic mass is 9.96. The minimum Gasteiger partial charge on any atom is -0.454 e. The molecule has 0 atom stereocenters. The lowest BCUT2D eigenvalue weighted by molar-refractivity contribution is 0.465. The van der Waals surface area contributed by atoms with Crippen molar-refractivity contribution in [3.8, 4) is 45.1 Å². The standard InChI is InChI=1S/C50H36N2O/c1-3-13-45-40(4-2)42-29-24-37-32-44-47(53-50(37)49(42)52(45)39-27-22-36(23-28-39)34-16-9-6-10-17-34)31-30-43-41-18-11-12-19-46(41)51(48(43)44)38-25-20-35(21-26-38)33-14-7-5-8-15-33/h3-31H,2,32H2,1H3/b13-3-. The summed E-state index contributed by atoms with van der Waals surface area (Å²) in [5, 5.41) is 3.58. The van der Waals surface area contributed by atoms with Crippen LogP contribution in [0.25, 0.3) is 78.5 Å². The van der Waals surface area contributed by atoms with Gasteiger partial charge in [0.15, 0.2) is 5.75 Å². The maximum Gasteiger partial charge on any atom is 0.155 e. The van der Waals surface area contributed by atoms with Crippen LogP contribution in [0.3, 0.4) is 0 Å². The maximum absolute atomic E-state index is 7.12. The Bertz CT molecular complexity index is 2870. The molecule has 0 aliphatic carbocycles. The largest absolute Gasteiger partial charge is 0.454 e. The molecular formula is C50H36N2O. The van der Waals surface area contributed by atoms with Crippen molar-refractivity contribution >= 4 is 44.9 Å². The zero-order valence-corrected chi connectivity index (χ0v) is 29.5. The molecule has 0 spiro atoms. The SMILES string of the molecule is C=Cc1c(/C=C\C)n(-c2ccc(-c3ccccc3)cc2)c2c3c(ccc12)Cc1c(ccc2c4ccccc4n(-c4ccc(-c5ccccc5)cc4)c12)O3. The number of rotatable bonds is 6. The first-order valence-electron chi connectivity index (χ1n) is 18.2. The lowest BCUT2D eigenvalue weighted by Gasteiger charge is -2.24. The molecule has 0 saturated carbocycles. The summed E-state index contributed by atoms with van der Waals surface area (Å²) < 4.78 is 11.9. The molecule has 0 saturated heterocycles. The van der Waals surface area contributed by atoms with E-state index in [1.807, 2.05) is 6.08 Å². The van der Waals surface area contributed by atoms with E-state index < -0.39 is 0 Å². The fourth-order valence-electron chi connectivity index (χ4n) is 8.30. The molecule has 0 fully saturated rings. The molecule has 1 aliphatic heterocycles. The minimum absolute atomic E-state index is 0.747. The Morgan fingerprint density at radius 2 is 1.13 bits per heavy atom. The molecule has 3 heterocycles. The zero-order valence-electron chi connectivity index (χ0n) is 29.5. The van der Waals surface area contributed by atoms with E-state index in [1.54, 1.807) is 0 Å². The topological polar surface area (TPSA) is 19.1 Å². The molecule has 9 aromatic rings. The number of hydrogen-bond acceptors (Lipinski definition) is 1. The van der Waals surface area contributed by atoms with Crippen molar-refractivity contribution in [2.75, 3.05) is 0 Å². The van der Waals surface area contributed by atoms with E-state index in [4.69, 9.17) is 4.74 Å². The first-order valence-corrected chi connectivity index (χ1v) is 18.2. The van der Waals surface area contributed by atoms with Gasteiger partial charge in [0.2, 0.25) is 0 Å². The second-order valence-corrected chi connectivity index (χ2v) is 13.7. The minimum atomic E-state index is 0.747. The van der Waals surface area contributed by atoms with Crippen LogP contribution in [-0.2, 0) is 6.42 Å². The third kappa shape index (κ3) is 4.89. The van der Waals surface area contributed by atoms with Gasteiger partial charge in [0, 0.05) is 50.6 Å². The first-order chi connectivity index (χ1) is 26.2. The van der Waals surface area contributed by atoms with Gasteiger partial charge < -0.3 is 13.9 Å². The molecule has 0 bridgehead atoms. The lowest BCUT2D eigenvalue weighted by Crippen LogP contribution is -2.08. The third-order valence-corrected chi connectivity index (χ3v) is 10.7. The summed E-state index contributed by atoms with van der Waals surface area (Å²) in [5.74, 6) is 1.79. The van der Waals surface area contributed by atoms with Gasteiger partial charge in [-0.2, -0.15) is 0 Å². The Labute approximate surface area is 309 Å². The number of nitrogens with zero attached hydrogens (tertiary/aromatic N) is 2. The molecular weight excluding hydrogens is 645 g/mol. The Morgan fingerprint density at radius 1 is 0.547 bits per heavy atom.